The van der Waals surface area contributed by atoms with Crippen molar-refractivity contribution in [3.63, 3.8) is 0 Å². The zero-order valence-electron chi connectivity index (χ0n) is 12.1. The van der Waals surface area contributed by atoms with Crippen LogP contribution in [0.2, 0.25) is 0 Å². The number of hydrogen-bond acceptors (Lipinski definition) is 4. The van der Waals surface area contributed by atoms with E-state index in [1.165, 1.54) is 0 Å². The van der Waals surface area contributed by atoms with Gasteiger partial charge in [0.2, 0.25) is 0 Å². The second-order valence-corrected chi connectivity index (χ2v) is 5.54. The largest absolute Gasteiger partial charge is 0.368 e. The molecule has 0 saturated heterocycles. The highest BCUT2D eigenvalue weighted by atomic mass is 32.2. The van der Waals surface area contributed by atoms with Crippen LogP contribution >= 0.6 is 11.8 Å². The summed E-state index contributed by atoms with van der Waals surface area (Å²) in [6, 6.07) is 0.876. The quantitative estimate of drug-likeness (QED) is 0.637. The lowest BCUT2D eigenvalue weighted by molar-refractivity contribution is 0.577. The Balaban J connectivity index is 2.47. The molecule has 0 fully saturated rings. The molecule has 1 rings (SSSR count). The molecule has 114 valence electrons. The first-order valence-corrected chi connectivity index (χ1v) is 8.41. The van der Waals surface area contributed by atoms with Crippen LogP contribution in [0.1, 0.15) is 32.6 Å². The van der Waals surface area contributed by atoms with Crippen molar-refractivity contribution in [3.8, 4) is 0 Å². The van der Waals surface area contributed by atoms with Crippen molar-refractivity contribution in [2.45, 2.75) is 32.6 Å². The van der Waals surface area contributed by atoms with Crippen molar-refractivity contribution >= 4 is 23.4 Å². The Bertz CT molecular complexity index is 402. The first-order chi connectivity index (χ1) is 9.69. The predicted octanol–water partition coefficient (Wildman–Crippen LogP) is 4.13. The molecule has 0 amide bonds. The van der Waals surface area contributed by atoms with Gasteiger partial charge in [0.15, 0.2) is 23.3 Å². The topological polar surface area (TPSA) is 37.0 Å². The van der Waals surface area contributed by atoms with Gasteiger partial charge in [0.25, 0.3) is 0 Å². The summed E-state index contributed by atoms with van der Waals surface area (Å²) in [5.74, 6) is 0.0805. The van der Waals surface area contributed by atoms with Gasteiger partial charge >= 0.3 is 0 Å². The normalized spacial score (nSPS) is 10.6. The third-order valence-electron chi connectivity index (χ3n) is 2.79. The smallest absolute Gasteiger partial charge is 0.168 e. The molecule has 0 spiro atoms. The lowest BCUT2D eigenvalue weighted by Gasteiger charge is -2.10. The Kier molecular flexibility index (Phi) is 8.34. The van der Waals surface area contributed by atoms with Crippen molar-refractivity contribution in [2.75, 3.05) is 35.7 Å². The summed E-state index contributed by atoms with van der Waals surface area (Å²) in [6.07, 6.45) is 6.15. The minimum Gasteiger partial charge on any atom is -0.368 e. The highest BCUT2D eigenvalue weighted by molar-refractivity contribution is 7.98. The van der Waals surface area contributed by atoms with Gasteiger partial charge in [-0.1, -0.05) is 13.3 Å². The van der Waals surface area contributed by atoms with Gasteiger partial charge in [0.05, 0.1) is 0 Å². The molecule has 2 N–H and O–H groups in total. The Morgan fingerprint density at radius 2 is 1.70 bits per heavy atom. The lowest BCUT2D eigenvalue weighted by Crippen LogP contribution is -2.10. The van der Waals surface area contributed by atoms with Gasteiger partial charge in [-0.25, -0.2) is 13.8 Å². The minimum atomic E-state index is -0.651. The van der Waals surface area contributed by atoms with Gasteiger partial charge in [0.1, 0.15) is 0 Å². The van der Waals surface area contributed by atoms with Gasteiger partial charge < -0.3 is 10.6 Å². The van der Waals surface area contributed by atoms with Crippen LogP contribution in [-0.4, -0.2) is 30.1 Å². The number of hydrogen-bond donors (Lipinski definition) is 2. The van der Waals surface area contributed by atoms with Crippen LogP contribution in [-0.2, 0) is 0 Å². The van der Waals surface area contributed by atoms with Crippen LogP contribution < -0.4 is 10.6 Å². The fourth-order valence-electron chi connectivity index (χ4n) is 1.71. The molecule has 6 heteroatoms. The fraction of sp³-hybridized carbons (Fsp3) is 0.643. The van der Waals surface area contributed by atoms with E-state index in [4.69, 9.17) is 0 Å². The number of thioether (sulfide) groups is 1. The maximum absolute atomic E-state index is 13.6. The van der Waals surface area contributed by atoms with E-state index < -0.39 is 11.6 Å². The summed E-state index contributed by atoms with van der Waals surface area (Å²) >= 11 is 1.83. The van der Waals surface area contributed by atoms with Crippen LogP contribution in [0.3, 0.4) is 0 Å². The molecule has 0 atom stereocenters. The van der Waals surface area contributed by atoms with E-state index in [1.54, 1.807) is 0 Å². The molecule has 0 radical (unpaired) electrons. The van der Waals surface area contributed by atoms with Crippen molar-refractivity contribution in [1.82, 2.24) is 4.98 Å². The zero-order chi connectivity index (χ0) is 14.8. The van der Waals surface area contributed by atoms with Crippen LogP contribution in [0.5, 0.6) is 0 Å². The molecule has 1 aromatic heterocycles. The van der Waals surface area contributed by atoms with E-state index in [1.807, 2.05) is 18.7 Å². The average Bonchev–Trinajstić information content (AvgIpc) is 2.43. The maximum Gasteiger partial charge on any atom is 0.168 e. The summed E-state index contributed by atoms with van der Waals surface area (Å²) in [5.41, 5.74) is 0. The van der Waals surface area contributed by atoms with Crippen LogP contribution in [0, 0.1) is 11.6 Å². The van der Waals surface area contributed by atoms with Gasteiger partial charge in [-0.15, -0.1) is 0 Å². The summed E-state index contributed by atoms with van der Waals surface area (Å²) in [5, 5.41) is 5.79. The third kappa shape index (κ3) is 5.94. The van der Waals surface area contributed by atoms with E-state index in [0.717, 1.165) is 37.5 Å². The Morgan fingerprint density at radius 3 is 2.30 bits per heavy atom. The number of pyridine rings is 1. The Labute approximate surface area is 123 Å². The van der Waals surface area contributed by atoms with E-state index in [2.05, 4.69) is 21.9 Å². The summed E-state index contributed by atoms with van der Waals surface area (Å²) < 4.78 is 27.1. The van der Waals surface area contributed by atoms with Crippen molar-refractivity contribution < 1.29 is 8.78 Å². The molecule has 1 heterocycles. The number of rotatable bonds is 10. The van der Waals surface area contributed by atoms with Gasteiger partial charge in [0, 0.05) is 19.2 Å². The van der Waals surface area contributed by atoms with Gasteiger partial charge in [-0.2, -0.15) is 11.8 Å². The number of nitrogens with zero attached hydrogens (tertiary/aromatic N) is 1. The highest BCUT2D eigenvalue weighted by Crippen LogP contribution is 2.19. The number of nitrogens with one attached hydrogen (secondary N) is 2. The van der Waals surface area contributed by atoms with Gasteiger partial charge in [-0.05, 0) is 31.3 Å². The lowest BCUT2D eigenvalue weighted by atomic mass is 10.2. The molecule has 0 unspecified atom stereocenters. The number of anilines is 2. The molecule has 0 aliphatic rings. The molecule has 0 aliphatic carbocycles. The van der Waals surface area contributed by atoms with Crippen LogP contribution in [0.4, 0.5) is 20.4 Å². The monoisotopic (exact) mass is 303 g/mol. The summed E-state index contributed by atoms with van der Waals surface area (Å²) in [4.78, 5) is 3.97. The minimum absolute atomic E-state index is 0.109. The second-order valence-electron chi connectivity index (χ2n) is 4.56. The van der Waals surface area contributed by atoms with Crippen molar-refractivity contribution in [3.05, 3.63) is 17.7 Å². The number of aromatic nitrogens is 1. The second kappa shape index (κ2) is 9.80. The average molecular weight is 303 g/mol. The predicted molar refractivity (Wildman–Crippen MR) is 83.7 cm³/mol. The van der Waals surface area contributed by atoms with E-state index in [9.17, 15) is 8.78 Å². The highest BCUT2D eigenvalue weighted by Gasteiger charge is 2.10. The first-order valence-electron chi connectivity index (χ1n) is 7.01. The number of halogens is 2. The molecule has 0 aromatic carbocycles. The number of unbranched alkanes of at least 4 members (excludes halogenated alkanes) is 2. The molecular formula is C14H23F2N3S. The molecule has 0 aliphatic heterocycles. The van der Waals surface area contributed by atoms with Gasteiger partial charge in [-0.3, -0.25) is 0 Å². The third-order valence-corrected chi connectivity index (χ3v) is 3.49. The van der Waals surface area contributed by atoms with Crippen LogP contribution in [0.15, 0.2) is 6.07 Å². The van der Waals surface area contributed by atoms with Crippen LogP contribution in [0.25, 0.3) is 0 Å². The molecule has 3 nitrogen and oxygen atoms in total. The summed E-state index contributed by atoms with van der Waals surface area (Å²) in [6.45, 7) is 3.24. The fourth-order valence-corrected chi connectivity index (χ4v) is 2.21. The molecule has 0 saturated carbocycles. The standard InChI is InChI=1S/C14H23F2N3S/c1-3-7-17-13-11(15)10-12(16)14(19-13)18-8-5-4-6-9-20-2/h10H,3-9H2,1-2H3,(H2,17,18,19). The first kappa shape index (κ1) is 17.0. The Morgan fingerprint density at radius 1 is 1.05 bits per heavy atom. The maximum atomic E-state index is 13.6. The van der Waals surface area contributed by atoms with E-state index in [0.29, 0.717) is 13.1 Å². The molecular weight excluding hydrogens is 280 g/mol. The van der Waals surface area contributed by atoms with Crippen molar-refractivity contribution in [1.29, 1.82) is 0 Å². The molecule has 1 aromatic rings. The van der Waals surface area contributed by atoms with E-state index in [-0.39, 0.29) is 11.6 Å². The SMILES string of the molecule is CCCNc1nc(NCCCCCSC)c(F)cc1F. The Hall–Kier alpha value is -1.04. The molecule has 0 bridgehead atoms. The molecule has 20 heavy (non-hydrogen) atoms. The summed E-state index contributed by atoms with van der Waals surface area (Å²) in [7, 11) is 0. The van der Waals surface area contributed by atoms with E-state index >= 15 is 0 Å². The zero-order valence-corrected chi connectivity index (χ0v) is 13.0. The van der Waals surface area contributed by atoms with Crippen molar-refractivity contribution in [2.24, 2.45) is 0 Å².